The number of fused-ring (bicyclic) bond motifs is 1. The second kappa shape index (κ2) is 6.41. The average molecular weight is 243 g/mol. The first-order valence-corrected chi connectivity index (χ1v) is 6.66. The molecule has 0 aliphatic carbocycles. The molecule has 0 saturated heterocycles. The lowest BCUT2D eigenvalue weighted by Crippen LogP contribution is -2.29. The number of hydrogen-bond donors (Lipinski definition) is 1. The summed E-state index contributed by atoms with van der Waals surface area (Å²) in [5.41, 5.74) is 0. The molecule has 96 valence electrons. The fourth-order valence-corrected chi connectivity index (χ4v) is 2.00. The van der Waals surface area contributed by atoms with E-state index in [1.165, 1.54) is 10.8 Å². The molecule has 2 heteroatoms. The molecule has 0 aliphatic heterocycles. The predicted octanol–water partition coefficient (Wildman–Crippen LogP) is 3.61. The third-order valence-electron chi connectivity index (χ3n) is 2.92. The van der Waals surface area contributed by atoms with Crippen molar-refractivity contribution in [1.29, 1.82) is 0 Å². The molecule has 0 radical (unpaired) electrons. The van der Waals surface area contributed by atoms with Crippen molar-refractivity contribution in [3.63, 3.8) is 0 Å². The molecule has 0 aromatic heterocycles. The number of nitrogens with one attached hydrogen (secondary N) is 1. The Morgan fingerprint density at radius 2 is 1.89 bits per heavy atom. The molecule has 0 heterocycles. The summed E-state index contributed by atoms with van der Waals surface area (Å²) in [7, 11) is 0. The van der Waals surface area contributed by atoms with Crippen molar-refractivity contribution in [1.82, 2.24) is 5.32 Å². The highest BCUT2D eigenvalue weighted by atomic mass is 16.5. The quantitative estimate of drug-likeness (QED) is 0.783. The molecule has 0 fully saturated rings. The lowest BCUT2D eigenvalue weighted by Gasteiger charge is -2.15. The van der Waals surface area contributed by atoms with Gasteiger partial charge < -0.3 is 10.1 Å². The SMILES string of the molecule is CCCNCC(C)Oc1ccc2ccccc2c1. The number of hydrogen-bond acceptors (Lipinski definition) is 2. The van der Waals surface area contributed by atoms with Crippen LogP contribution in [-0.4, -0.2) is 19.2 Å². The average Bonchev–Trinajstić information content (AvgIpc) is 2.39. The molecule has 18 heavy (non-hydrogen) atoms. The Labute approximate surface area is 109 Å². The minimum Gasteiger partial charge on any atom is -0.489 e. The second-order valence-corrected chi connectivity index (χ2v) is 4.64. The Bertz CT molecular complexity index is 495. The van der Waals surface area contributed by atoms with Gasteiger partial charge in [-0.3, -0.25) is 0 Å². The number of rotatable bonds is 6. The Morgan fingerprint density at radius 1 is 1.11 bits per heavy atom. The van der Waals surface area contributed by atoms with Gasteiger partial charge in [-0.05, 0) is 42.8 Å². The molecule has 2 aromatic rings. The standard InChI is InChI=1S/C16H21NO/c1-3-10-17-12-13(2)18-16-9-8-14-6-4-5-7-15(14)11-16/h4-9,11,13,17H,3,10,12H2,1-2H3. The monoisotopic (exact) mass is 243 g/mol. The van der Waals surface area contributed by atoms with Crippen LogP contribution >= 0.6 is 0 Å². The van der Waals surface area contributed by atoms with Crippen molar-refractivity contribution < 1.29 is 4.74 Å². The summed E-state index contributed by atoms with van der Waals surface area (Å²) in [6.45, 7) is 6.20. The summed E-state index contributed by atoms with van der Waals surface area (Å²) in [6, 6.07) is 14.6. The molecule has 1 atom stereocenters. The zero-order chi connectivity index (χ0) is 12.8. The largest absolute Gasteiger partial charge is 0.489 e. The van der Waals surface area contributed by atoms with E-state index >= 15 is 0 Å². The Kier molecular flexibility index (Phi) is 4.59. The second-order valence-electron chi connectivity index (χ2n) is 4.64. The van der Waals surface area contributed by atoms with Crippen LogP contribution in [0.15, 0.2) is 42.5 Å². The number of ether oxygens (including phenoxy) is 1. The van der Waals surface area contributed by atoms with E-state index in [0.29, 0.717) is 0 Å². The smallest absolute Gasteiger partial charge is 0.120 e. The van der Waals surface area contributed by atoms with Crippen molar-refractivity contribution in [2.24, 2.45) is 0 Å². The summed E-state index contributed by atoms with van der Waals surface area (Å²) in [6.07, 6.45) is 1.35. The van der Waals surface area contributed by atoms with Crippen LogP contribution in [-0.2, 0) is 0 Å². The molecular formula is C16H21NO. The predicted molar refractivity (Wildman–Crippen MR) is 77.2 cm³/mol. The van der Waals surface area contributed by atoms with Crippen LogP contribution in [0.1, 0.15) is 20.3 Å². The van der Waals surface area contributed by atoms with Gasteiger partial charge in [-0.2, -0.15) is 0 Å². The Balaban J connectivity index is 1.98. The molecule has 0 amide bonds. The fraction of sp³-hybridized carbons (Fsp3) is 0.375. The van der Waals surface area contributed by atoms with Gasteiger partial charge in [-0.25, -0.2) is 0 Å². The van der Waals surface area contributed by atoms with Crippen molar-refractivity contribution in [2.75, 3.05) is 13.1 Å². The Hall–Kier alpha value is -1.54. The van der Waals surface area contributed by atoms with E-state index in [2.05, 4.69) is 55.6 Å². The van der Waals surface area contributed by atoms with Gasteiger partial charge >= 0.3 is 0 Å². The molecular weight excluding hydrogens is 222 g/mol. The van der Waals surface area contributed by atoms with E-state index in [1.807, 2.05) is 6.07 Å². The van der Waals surface area contributed by atoms with Crippen molar-refractivity contribution in [3.8, 4) is 5.75 Å². The molecule has 0 bridgehead atoms. The first kappa shape index (κ1) is 12.9. The molecule has 2 aromatic carbocycles. The number of benzene rings is 2. The van der Waals surface area contributed by atoms with Gasteiger partial charge in [0.05, 0.1) is 0 Å². The minimum absolute atomic E-state index is 0.192. The summed E-state index contributed by atoms with van der Waals surface area (Å²) < 4.78 is 5.91. The lowest BCUT2D eigenvalue weighted by atomic mass is 10.1. The minimum atomic E-state index is 0.192. The third-order valence-corrected chi connectivity index (χ3v) is 2.92. The maximum absolute atomic E-state index is 5.91. The normalized spacial score (nSPS) is 12.6. The summed E-state index contributed by atoms with van der Waals surface area (Å²) in [5.74, 6) is 0.944. The molecule has 1 N–H and O–H groups in total. The molecule has 2 rings (SSSR count). The van der Waals surface area contributed by atoms with E-state index in [0.717, 1.165) is 25.3 Å². The summed E-state index contributed by atoms with van der Waals surface area (Å²) >= 11 is 0. The van der Waals surface area contributed by atoms with E-state index in [4.69, 9.17) is 4.74 Å². The van der Waals surface area contributed by atoms with E-state index < -0.39 is 0 Å². The van der Waals surface area contributed by atoms with Crippen LogP contribution in [0.3, 0.4) is 0 Å². The van der Waals surface area contributed by atoms with Crippen LogP contribution in [0.2, 0.25) is 0 Å². The van der Waals surface area contributed by atoms with Crippen LogP contribution < -0.4 is 10.1 Å². The van der Waals surface area contributed by atoms with Crippen molar-refractivity contribution >= 4 is 10.8 Å². The first-order chi connectivity index (χ1) is 8.79. The van der Waals surface area contributed by atoms with Crippen LogP contribution in [0, 0.1) is 0 Å². The Morgan fingerprint density at radius 3 is 2.67 bits per heavy atom. The van der Waals surface area contributed by atoms with Crippen molar-refractivity contribution in [3.05, 3.63) is 42.5 Å². The van der Waals surface area contributed by atoms with Gasteiger partial charge in [0.15, 0.2) is 0 Å². The zero-order valence-corrected chi connectivity index (χ0v) is 11.1. The highest BCUT2D eigenvalue weighted by Gasteiger charge is 2.03. The summed E-state index contributed by atoms with van der Waals surface area (Å²) in [4.78, 5) is 0. The van der Waals surface area contributed by atoms with Crippen molar-refractivity contribution in [2.45, 2.75) is 26.4 Å². The summed E-state index contributed by atoms with van der Waals surface area (Å²) in [5, 5.41) is 5.84. The molecule has 1 unspecified atom stereocenters. The van der Waals surface area contributed by atoms with E-state index in [1.54, 1.807) is 0 Å². The van der Waals surface area contributed by atoms with Gasteiger partial charge in [0.1, 0.15) is 11.9 Å². The van der Waals surface area contributed by atoms with Crippen LogP contribution in [0.25, 0.3) is 10.8 Å². The first-order valence-electron chi connectivity index (χ1n) is 6.66. The van der Waals surface area contributed by atoms with Gasteiger partial charge in [-0.15, -0.1) is 0 Å². The van der Waals surface area contributed by atoms with E-state index in [9.17, 15) is 0 Å². The topological polar surface area (TPSA) is 21.3 Å². The maximum Gasteiger partial charge on any atom is 0.120 e. The van der Waals surface area contributed by atoms with Crippen LogP contribution in [0.5, 0.6) is 5.75 Å². The molecule has 0 aliphatic rings. The van der Waals surface area contributed by atoms with E-state index in [-0.39, 0.29) is 6.10 Å². The molecule has 0 spiro atoms. The highest BCUT2D eigenvalue weighted by molar-refractivity contribution is 5.83. The molecule has 2 nitrogen and oxygen atoms in total. The lowest BCUT2D eigenvalue weighted by molar-refractivity contribution is 0.218. The van der Waals surface area contributed by atoms with Crippen LogP contribution in [0.4, 0.5) is 0 Å². The highest BCUT2D eigenvalue weighted by Crippen LogP contribution is 2.21. The zero-order valence-electron chi connectivity index (χ0n) is 11.1. The van der Waals surface area contributed by atoms with Gasteiger partial charge in [0, 0.05) is 6.54 Å². The molecule has 0 saturated carbocycles. The maximum atomic E-state index is 5.91. The van der Waals surface area contributed by atoms with Gasteiger partial charge in [0.25, 0.3) is 0 Å². The third kappa shape index (κ3) is 3.47. The fourth-order valence-electron chi connectivity index (χ4n) is 2.00. The van der Waals surface area contributed by atoms with Gasteiger partial charge in [0.2, 0.25) is 0 Å². The van der Waals surface area contributed by atoms with Gasteiger partial charge in [-0.1, -0.05) is 37.3 Å².